The fourth-order valence-corrected chi connectivity index (χ4v) is 0. The zero-order valence-electron chi connectivity index (χ0n) is 2.47. The van der Waals surface area contributed by atoms with Crippen molar-refractivity contribution in [2.75, 3.05) is 0 Å². The second-order valence-corrected chi connectivity index (χ2v) is 0.589. The molecule has 0 saturated heterocycles. The Labute approximate surface area is 75.6 Å². The molecule has 0 amide bonds. The van der Waals surface area contributed by atoms with E-state index in [4.69, 9.17) is 0 Å². The maximum Gasteiger partial charge on any atom is 1.00 e. The summed E-state index contributed by atoms with van der Waals surface area (Å²) in [4.78, 5) is 0. The first-order valence-electron chi connectivity index (χ1n) is 0.378. The summed E-state index contributed by atoms with van der Waals surface area (Å²) in [6.45, 7) is 0. The number of hydrogen-bond acceptors (Lipinski definition) is 0. The molecular formula is CoF3K. The molecule has 31 valence electrons. The third kappa shape index (κ3) is 24.6. The predicted molar refractivity (Wildman–Crippen MR) is 3.32 cm³/mol. The van der Waals surface area contributed by atoms with Crippen molar-refractivity contribution in [1.29, 1.82) is 0 Å². The van der Waals surface area contributed by atoms with E-state index in [-0.39, 0.29) is 51.4 Å². The van der Waals surface area contributed by atoms with Crippen LogP contribution in [0, 0.1) is 0 Å². The first-order chi connectivity index (χ1) is 1.73. The Morgan fingerprint density at radius 3 is 1.00 bits per heavy atom. The predicted octanol–water partition coefficient (Wildman–Crippen LogP) is -1.74. The molecule has 0 rings (SSSR count). The summed E-state index contributed by atoms with van der Waals surface area (Å²) in [7, 11) is 0. The second kappa shape index (κ2) is 5.93. The smallest absolute Gasteiger partial charge is 1.00 e. The van der Waals surface area contributed by atoms with Crippen molar-refractivity contribution in [3.63, 3.8) is 0 Å². The maximum absolute atomic E-state index is 9.73. The first kappa shape index (κ1) is 10.0. The van der Waals surface area contributed by atoms with Gasteiger partial charge in [-0.1, -0.05) is 0 Å². The minimum absolute atomic E-state index is 0. The van der Waals surface area contributed by atoms with Crippen molar-refractivity contribution in [1.82, 2.24) is 0 Å². The molecule has 0 bridgehead atoms. The molecule has 0 aromatic carbocycles. The van der Waals surface area contributed by atoms with Crippen molar-refractivity contribution in [2.45, 2.75) is 0 Å². The average Bonchev–Trinajstić information content (AvgIpc) is 0.811. The monoisotopic (exact) mass is 155 g/mol. The van der Waals surface area contributed by atoms with Gasteiger partial charge >= 0.3 is 77.1 Å². The van der Waals surface area contributed by atoms with Crippen molar-refractivity contribution in [2.24, 2.45) is 0 Å². The number of rotatable bonds is 0. The number of halogens is 3. The topological polar surface area (TPSA) is 0 Å². The van der Waals surface area contributed by atoms with Crippen LogP contribution in [0.3, 0.4) is 0 Å². The summed E-state index contributed by atoms with van der Waals surface area (Å²) in [5.41, 5.74) is 0. The molecule has 0 nitrogen and oxygen atoms in total. The van der Waals surface area contributed by atoms with Crippen molar-refractivity contribution >= 4 is 0 Å². The van der Waals surface area contributed by atoms with Crippen molar-refractivity contribution in [3.05, 3.63) is 0 Å². The van der Waals surface area contributed by atoms with E-state index in [1.807, 2.05) is 0 Å². The van der Waals surface area contributed by atoms with Crippen LogP contribution in [0.15, 0.2) is 0 Å². The van der Waals surface area contributed by atoms with Gasteiger partial charge in [0.2, 0.25) is 0 Å². The molecule has 0 aliphatic heterocycles. The van der Waals surface area contributed by atoms with Gasteiger partial charge in [0.1, 0.15) is 0 Å². The van der Waals surface area contributed by atoms with Crippen LogP contribution in [-0.2, 0) is 15.0 Å². The van der Waals surface area contributed by atoms with Gasteiger partial charge < -0.3 is 0 Å². The molecule has 0 aromatic rings. The summed E-state index contributed by atoms with van der Waals surface area (Å²) in [5, 5.41) is 0. The van der Waals surface area contributed by atoms with E-state index in [1.165, 1.54) is 0 Å². The quantitative estimate of drug-likeness (QED) is 0.364. The first-order valence-corrected chi connectivity index (χ1v) is 1.56. The van der Waals surface area contributed by atoms with E-state index in [1.54, 1.807) is 0 Å². The minimum atomic E-state index is -4.10. The molecule has 0 aliphatic rings. The molecule has 0 unspecified atom stereocenters. The summed E-state index contributed by atoms with van der Waals surface area (Å²) in [6, 6.07) is 0. The molecule has 0 radical (unpaired) electrons. The van der Waals surface area contributed by atoms with Crippen LogP contribution in [0.5, 0.6) is 0 Å². The Kier molecular flexibility index (Phi) is 11.9. The van der Waals surface area contributed by atoms with Gasteiger partial charge in [-0.3, -0.25) is 0 Å². The molecule has 0 spiro atoms. The van der Waals surface area contributed by atoms with Crippen molar-refractivity contribution < 1.29 is 77.1 Å². The third-order valence-electron chi connectivity index (χ3n) is 0. The Bertz CT molecular complexity index is 11.6. The largest absolute Gasteiger partial charge is 1.00 e. The SMILES string of the molecule is [F][Co-]([F])[F].[K+]. The Morgan fingerprint density at radius 2 is 1.00 bits per heavy atom. The fourth-order valence-electron chi connectivity index (χ4n) is 0. The summed E-state index contributed by atoms with van der Waals surface area (Å²) >= 11 is -4.10. The van der Waals surface area contributed by atoms with Crippen LogP contribution in [-0.4, -0.2) is 0 Å². The van der Waals surface area contributed by atoms with Crippen LogP contribution in [0.25, 0.3) is 0 Å². The zero-order valence-corrected chi connectivity index (χ0v) is 6.63. The van der Waals surface area contributed by atoms with Crippen LogP contribution in [0.4, 0.5) is 10.7 Å². The maximum atomic E-state index is 9.73. The minimum Gasteiger partial charge on any atom is 1.00 e. The summed E-state index contributed by atoms with van der Waals surface area (Å²) in [6.07, 6.45) is 0. The van der Waals surface area contributed by atoms with E-state index in [0.717, 1.165) is 0 Å². The molecule has 0 saturated carbocycles. The van der Waals surface area contributed by atoms with Crippen LogP contribution in [0.1, 0.15) is 0 Å². The Hall–Kier alpha value is 1.93. The Morgan fingerprint density at radius 1 is 1.00 bits per heavy atom. The van der Waals surface area contributed by atoms with Gasteiger partial charge in [0, 0.05) is 0 Å². The number of hydrogen-bond donors (Lipinski definition) is 0. The van der Waals surface area contributed by atoms with Gasteiger partial charge in [-0.25, -0.2) is 0 Å². The van der Waals surface area contributed by atoms with E-state index < -0.39 is 15.0 Å². The van der Waals surface area contributed by atoms with Gasteiger partial charge in [0.25, 0.3) is 0 Å². The van der Waals surface area contributed by atoms with E-state index in [2.05, 4.69) is 0 Å². The molecule has 5 heavy (non-hydrogen) atoms. The molecule has 0 aliphatic carbocycles. The van der Waals surface area contributed by atoms with Gasteiger partial charge in [0.05, 0.1) is 0 Å². The van der Waals surface area contributed by atoms with Gasteiger partial charge in [-0.2, -0.15) is 0 Å². The average molecular weight is 155 g/mol. The van der Waals surface area contributed by atoms with Gasteiger partial charge in [0.15, 0.2) is 0 Å². The van der Waals surface area contributed by atoms with Gasteiger partial charge in [-0.15, -0.1) is 0 Å². The molecule has 5 heteroatoms. The van der Waals surface area contributed by atoms with Gasteiger partial charge in [-0.05, 0) is 0 Å². The summed E-state index contributed by atoms with van der Waals surface area (Å²) < 4.78 is 29.2. The Balaban J connectivity index is 0. The molecule has 0 aromatic heterocycles. The molecular weight excluding hydrogens is 155 g/mol. The van der Waals surface area contributed by atoms with E-state index >= 15 is 0 Å². The normalized spacial score (nSPS) is 9.00. The zero-order chi connectivity index (χ0) is 3.58. The van der Waals surface area contributed by atoms with Crippen LogP contribution in [0.2, 0.25) is 0 Å². The molecule has 0 N–H and O–H groups in total. The van der Waals surface area contributed by atoms with E-state index in [0.29, 0.717) is 0 Å². The van der Waals surface area contributed by atoms with Crippen LogP contribution < -0.4 is 51.4 Å². The molecule has 0 fully saturated rings. The van der Waals surface area contributed by atoms with Crippen molar-refractivity contribution in [3.8, 4) is 0 Å². The second-order valence-electron chi connectivity index (χ2n) is 0.143. The summed E-state index contributed by atoms with van der Waals surface area (Å²) in [5.74, 6) is 0. The molecule has 0 atom stereocenters. The van der Waals surface area contributed by atoms with E-state index in [9.17, 15) is 10.7 Å². The molecule has 0 heterocycles. The fraction of sp³-hybridized carbons (Fsp3) is 0. The third-order valence-corrected chi connectivity index (χ3v) is 0. The standard InChI is InChI=1S/Co.3FH.K/h;3*1H;/q+2;;;;+1/p-3. The van der Waals surface area contributed by atoms with Crippen LogP contribution >= 0.6 is 0 Å².